The van der Waals surface area contributed by atoms with Gasteiger partial charge in [0.25, 0.3) is 0 Å². The number of hydrogen-bond acceptors (Lipinski definition) is 3. The summed E-state index contributed by atoms with van der Waals surface area (Å²) in [4.78, 5) is 4.23. The molecule has 1 atom stereocenters. The topological polar surface area (TPSA) is 53.1 Å². The molecular weight excluding hydrogens is 274 g/mol. The van der Waals surface area contributed by atoms with Gasteiger partial charge in [-0.2, -0.15) is 0 Å². The molecule has 0 aromatic carbocycles. The molecule has 1 aliphatic rings. The summed E-state index contributed by atoms with van der Waals surface area (Å²) < 4.78 is 8.16. The molecule has 1 unspecified atom stereocenters. The number of halogens is 1. The molecule has 1 saturated heterocycles. The first-order chi connectivity index (χ1) is 9.18. The minimum atomic E-state index is 0. The van der Waals surface area contributed by atoms with Gasteiger partial charge in [0.05, 0.1) is 29.7 Å². The summed E-state index contributed by atoms with van der Waals surface area (Å²) in [7, 11) is 0. The van der Waals surface area contributed by atoms with Gasteiger partial charge in [-0.3, -0.25) is 4.98 Å². The Morgan fingerprint density at radius 2 is 2.15 bits per heavy atom. The number of rotatable bonds is 2. The second kappa shape index (κ2) is 6.02. The van der Waals surface area contributed by atoms with Crippen molar-refractivity contribution in [3.05, 3.63) is 23.7 Å². The zero-order valence-electron chi connectivity index (χ0n) is 12.1. The first-order valence-corrected chi connectivity index (χ1v) is 6.99. The minimum absolute atomic E-state index is 0. The van der Waals surface area contributed by atoms with Crippen LogP contribution in [0.15, 0.2) is 12.4 Å². The molecular formula is C15H22ClN3O. The average Bonchev–Trinajstić information content (AvgIpc) is 2.66. The zero-order valence-corrected chi connectivity index (χ0v) is 12.9. The number of pyridine rings is 1. The van der Waals surface area contributed by atoms with E-state index in [4.69, 9.17) is 10.5 Å². The Morgan fingerprint density at radius 1 is 1.35 bits per heavy atom. The standard InChI is InChI=1S/C15H21N3O.ClH/c1-10-11(2)18(9-12-5-3-4-6-19-12)14-8-17-7-13(16)15(10)14;/h7-8,12H,3-6,9,16H2,1-2H3;1H. The third-order valence-electron chi connectivity index (χ3n) is 4.23. The third-order valence-corrected chi connectivity index (χ3v) is 4.23. The lowest BCUT2D eigenvalue weighted by Gasteiger charge is -2.24. The van der Waals surface area contributed by atoms with Gasteiger partial charge < -0.3 is 15.0 Å². The van der Waals surface area contributed by atoms with E-state index < -0.39 is 0 Å². The summed E-state index contributed by atoms with van der Waals surface area (Å²) in [5.74, 6) is 0. The highest BCUT2D eigenvalue weighted by Crippen LogP contribution is 2.30. The number of hydrogen-bond donors (Lipinski definition) is 1. The number of nitrogens with two attached hydrogens (primary N) is 1. The highest BCUT2D eigenvalue weighted by atomic mass is 35.5. The predicted molar refractivity (Wildman–Crippen MR) is 84.5 cm³/mol. The predicted octanol–water partition coefficient (Wildman–Crippen LogP) is 3.23. The fraction of sp³-hybridized carbons (Fsp3) is 0.533. The van der Waals surface area contributed by atoms with Crippen LogP contribution >= 0.6 is 12.4 Å². The molecule has 2 aromatic heterocycles. The molecule has 2 aromatic rings. The van der Waals surface area contributed by atoms with Gasteiger partial charge in [0.2, 0.25) is 0 Å². The van der Waals surface area contributed by atoms with Crippen molar-refractivity contribution in [1.29, 1.82) is 0 Å². The molecule has 2 N–H and O–H groups in total. The molecule has 110 valence electrons. The van der Waals surface area contributed by atoms with E-state index in [9.17, 15) is 0 Å². The Kier molecular flexibility index (Phi) is 4.55. The molecule has 0 spiro atoms. The van der Waals surface area contributed by atoms with Crippen LogP contribution in [-0.2, 0) is 11.3 Å². The molecule has 20 heavy (non-hydrogen) atoms. The van der Waals surface area contributed by atoms with E-state index in [0.29, 0.717) is 6.10 Å². The van der Waals surface area contributed by atoms with Gasteiger partial charge in [0, 0.05) is 24.2 Å². The summed E-state index contributed by atoms with van der Waals surface area (Å²) in [6.45, 7) is 6.08. The van der Waals surface area contributed by atoms with Crippen LogP contribution in [0.4, 0.5) is 5.69 Å². The van der Waals surface area contributed by atoms with Gasteiger partial charge in [-0.15, -0.1) is 12.4 Å². The lowest BCUT2D eigenvalue weighted by atomic mass is 10.1. The number of ether oxygens (including phenoxy) is 1. The number of aromatic nitrogens is 2. The van der Waals surface area contributed by atoms with Crippen molar-refractivity contribution < 1.29 is 4.74 Å². The number of nitrogen functional groups attached to an aromatic ring is 1. The van der Waals surface area contributed by atoms with E-state index in [2.05, 4.69) is 23.4 Å². The zero-order chi connectivity index (χ0) is 13.4. The van der Waals surface area contributed by atoms with Crippen molar-refractivity contribution in [2.45, 2.75) is 45.8 Å². The average molecular weight is 296 g/mol. The van der Waals surface area contributed by atoms with Crippen molar-refractivity contribution in [3.63, 3.8) is 0 Å². The molecule has 1 aliphatic heterocycles. The Labute approximate surface area is 125 Å². The number of aryl methyl sites for hydroxylation is 1. The van der Waals surface area contributed by atoms with Crippen LogP contribution in [0.2, 0.25) is 0 Å². The number of fused-ring (bicyclic) bond motifs is 1. The molecule has 0 amide bonds. The Morgan fingerprint density at radius 3 is 2.85 bits per heavy atom. The van der Waals surface area contributed by atoms with Crippen LogP contribution in [0.25, 0.3) is 10.9 Å². The number of anilines is 1. The van der Waals surface area contributed by atoms with Crippen molar-refractivity contribution in [3.8, 4) is 0 Å². The Bertz CT molecular complexity index is 603. The molecule has 5 heteroatoms. The number of nitrogens with zero attached hydrogens (tertiary/aromatic N) is 2. The Balaban J connectivity index is 0.00000147. The minimum Gasteiger partial charge on any atom is -0.397 e. The van der Waals surface area contributed by atoms with Gasteiger partial charge in [0.1, 0.15) is 0 Å². The SMILES string of the molecule is Cc1c(C)n(CC2CCCCO2)c2cncc(N)c12.Cl. The summed E-state index contributed by atoms with van der Waals surface area (Å²) in [5.41, 5.74) is 10.5. The van der Waals surface area contributed by atoms with Gasteiger partial charge in [-0.05, 0) is 38.7 Å². The highest BCUT2D eigenvalue weighted by molar-refractivity contribution is 5.94. The van der Waals surface area contributed by atoms with E-state index in [1.807, 2.05) is 6.20 Å². The molecule has 0 aliphatic carbocycles. The maximum absolute atomic E-state index is 6.07. The van der Waals surface area contributed by atoms with Crippen molar-refractivity contribution in [2.24, 2.45) is 0 Å². The Hall–Kier alpha value is -1.26. The summed E-state index contributed by atoms with van der Waals surface area (Å²) >= 11 is 0. The summed E-state index contributed by atoms with van der Waals surface area (Å²) in [6.07, 6.45) is 7.57. The molecule has 0 bridgehead atoms. The van der Waals surface area contributed by atoms with Gasteiger partial charge in [-0.25, -0.2) is 0 Å². The largest absolute Gasteiger partial charge is 0.397 e. The van der Waals surface area contributed by atoms with Crippen molar-refractivity contribution in [2.75, 3.05) is 12.3 Å². The van der Waals surface area contributed by atoms with Crippen LogP contribution in [-0.4, -0.2) is 22.3 Å². The van der Waals surface area contributed by atoms with E-state index in [1.165, 1.54) is 24.1 Å². The van der Waals surface area contributed by atoms with E-state index >= 15 is 0 Å². The van der Waals surface area contributed by atoms with E-state index in [1.54, 1.807) is 6.20 Å². The molecule has 0 saturated carbocycles. The summed E-state index contributed by atoms with van der Waals surface area (Å²) in [6, 6.07) is 0. The van der Waals surface area contributed by atoms with E-state index in [0.717, 1.165) is 36.2 Å². The van der Waals surface area contributed by atoms with Crippen LogP contribution < -0.4 is 5.73 Å². The monoisotopic (exact) mass is 295 g/mol. The quantitative estimate of drug-likeness (QED) is 0.925. The molecule has 1 fully saturated rings. The van der Waals surface area contributed by atoms with Crippen molar-refractivity contribution in [1.82, 2.24) is 9.55 Å². The maximum atomic E-state index is 6.07. The third kappa shape index (κ3) is 2.50. The lowest BCUT2D eigenvalue weighted by Crippen LogP contribution is -2.24. The first-order valence-electron chi connectivity index (χ1n) is 6.99. The van der Waals surface area contributed by atoms with Crippen LogP contribution in [0.3, 0.4) is 0 Å². The van der Waals surface area contributed by atoms with Crippen LogP contribution in [0, 0.1) is 13.8 Å². The molecule has 3 rings (SSSR count). The fourth-order valence-corrected chi connectivity index (χ4v) is 3.03. The highest BCUT2D eigenvalue weighted by Gasteiger charge is 2.19. The van der Waals surface area contributed by atoms with Crippen molar-refractivity contribution >= 4 is 29.0 Å². The maximum Gasteiger partial charge on any atom is 0.0754 e. The normalized spacial score (nSPS) is 19.0. The molecule has 0 radical (unpaired) electrons. The van der Waals surface area contributed by atoms with Crippen LogP contribution in [0.5, 0.6) is 0 Å². The van der Waals surface area contributed by atoms with E-state index in [-0.39, 0.29) is 12.4 Å². The van der Waals surface area contributed by atoms with Crippen LogP contribution in [0.1, 0.15) is 30.5 Å². The summed E-state index contributed by atoms with van der Waals surface area (Å²) in [5, 5.41) is 1.14. The smallest absolute Gasteiger partial charge is 0.0754 e. The second-order valence-corrected chi connectivity index (χ2v) is 5.43. The first kappa shape index (κ1) is 15.1. The lowest BCUT2D eigenvalue weighted by molar-refractivity contribution is 0.00640. The fourth-order valence-electron chi connectivity index (χ4n) is 3.03. The van der Waals surface area contributed by atoms with Gasteiger partial charge >= 0.3 is 0 Å². The second-order valence-electron chi connectivity index (χ2n) is 5.43. The van der Waals surface area contributed by atoms with Gasteiger partial charge in [-0.1, -0.05) is 0 Å². The van der Waals surface area contributed by atoms with Gasteiger partial charge in [0.15, 0.2) is 0 Å². The molecule has 3 heterocycles. The molecule has 4 nitrogen and oxygen atoms in total.